The number of sulfonamides is 1. The van der Waals surface area contributed by atoms with Crippen LogP contribution in [0.15, 0.2) is 44.4 Å². The van der Waals surface area contributed by atoms with Crippen molar-refractivity contribution in [3.63, 3.8) is 0 Å². The molecule has 8 heteroatoms. The van der Waals surface area contributed by atoms with Crippen molar-refractivity contribution in [2.45, 2.75) is 49.0 Å². The van der Waals surface area contributed by atoms with Gasteiger partial charge in [-0.3, -0.25) is 0 Å². The number of hydrogen-bond acceptors (Lipinski definition) is 5. The van der Waals surface area contributed by atoms with Crippen LogP contribution in [0.5, 0.6) is 0 Å². The van der Waals surface area contributed by atoms with Crippen molar-refractivity contribution in [3.8, 4) is 0 Å². The van der Waals surface area contributed by atoms with Crippen LogP contribution in [-0.4, -0.2) is 20.5 Å². The molecule has 0 saturated heterocycles. The van der Waals surface area contributed by atoms with Gasteiger partial charge >= 0.3 is 5.63 Å². The van der Waals surface area contributed by atoms with Crippen LogP contribution in [0.2, 0.25) is 0 Å². The SMILES string of the molecule is Cl.NC1(CNS(=O)(=O)c2ccc3oc(=O)ccc3c2)CCCCCC1. The molecule has 1 heterocycles. The van der Waals surface area contributed by atoms with Crippen LogP contribution in [0.25, 0.3) is 11.0 Å². The van der Waals surface area contributed by atoms with Crippen LogP contribution in [0.3, 0.4) is 0 Å². The fourth-order valence-electron chi connectivity index (χ4n) is 3.15. The highest BCUT2D eigenvalue weighted by atomic mass is 35.5. The standard InChI is InChI=1S/C17H22N2O4S.ClH/c18-17(9-3-1-2-4-10-17)12-19-24(21,22)14-6-7-15-13(11-14)5-8-16(20)23-15;/h5-8,11,19H,1-4,9-10,12,18H2;1H. The average molecular weight is 387 g/mol. The highest BCUT2D eigenvalue weighted by Crippen LogP contribution is 2.25. The lowest BCUT2D eigenvalue weighted by Crippen LogP contribution is -2.49. The van der Waals surface area contributed by atoms with Gasteiger partial charge in [-0.05, 0) is 37.1 Å². The lowest BCUT2D eigenvalue weighted by Gasteiger charge is -2.28. The van der Waals surface area contributed by atoms with Crippen molar-refractivity contribution in [3.05, 3.63) is 40.8 Å². The number of nitrogens with two attached hydrogens (primary N) is 1. The summed E-state index contributed by atoms with van der Waals surface area (Å²) in [6, 6.07) is 7.25. The molecule has 1 aromatic heterocycles. The fraction of sp³-hybridized carbons (Fsp3) is 0.471. The number of nitrogens with one attached hydrogen (secondary N) is 1. The van der Waals surface area contributed by atoms with E-state index in [9.17, 15) is 13.2 Å². The zero-order valence-electron chi connectivity index (χ0n) is 13.9. The van der Waals surface area contributed by atoms with E-state index in [-0.39, 0.29) is 23.8 Å². The van der Waals surface area contributed by atoms with Gasteiger partial charge in [0, 0.05) is 23.5 Å². The topological polar surface area (TPSA) is 102 Å². The lowest BCUT2D eigenvalue weighted by atomic mass is 9.92. The molecule has 1 fully saturated rings. The molecule has 25 heavy (non-hydrogen) atoms. The summed E-state index contributed by atoms with van der Waals surface area (Å²) in [6.07, 6.45) is 6.04. The molecule has 0 radical (unpaired) electrons. The summed E-state index contributed by atoms with van der Waals surface area (Å²) in [4.78, 5) is 11.3. The molecule has 0 spiro atoms. The van der Waals surface area contributed by atoms with Crippen LogP contribution >= 0.6 is 12.4 Å². The van der Waals surface area contributed by atoms with Crippen molar-refractivity contribution in [1.29, 1.82) is 0 Å². The van der Waals surface area contributed by atoms with E-state index in [0.29, 0.717) is 11.0 Å². The maximum atomic E-state index is 12.6. The molecule has 1 aliphatic carbocycles. The molecule has 0 amide bonds. The predicted octanol–water partition coefficient (Wildman–Crippen LogP) is 2.54. The molecule has 0 unspecified atom stereocenters. The van der Waals surface area contributed by atoms with E-state index in [1.54, 1.807) is 6.07 Å². The Bertz CT molecular complexity index is 887. The Balaban J connectivity index is 0.00000225. The van der Waals surface area contributed by atoms with Gasteiger partial charge in [-0.2, -0.15) is 0 Å². The van der Waals surface area contributed by atoms with Gasteiger partial charge in [0.25, 0.3) is 0 Å². The zero-order chi connectivity index (χ0) is 17.2. The van der Waals surface area contributed by atoms with E-state index in [4.69, 9.17) is 10.2 Å². The summed E-state index contributed by atoms with van der Waals surface area (Å²) >= 11 is 0. The third-order valence-corrected chi connectivity index (χ3v) is 6.01. The lowest BCUT2D eigenvalue weighted by molar-refractivity contribution is 0.369. The van der Waals surface area contributed by atoms with Gasteiger partial charge in [0.2, 0.25) is 10.0 Å². The normalized spacial score (nSPS) is 17.6. The van der Waals surface area contributed by atoms with Gasteiger partial charge in [0.15, 0.2) is 0 Å². The molecule has 6 nitrogen and oxygen atoms in total. The summed E-state index contributed by atoms with van der Waals surface area (Å²) in [5, 5.41) is 0.564. The Morgan fingerprint density at radius 2 is 1.76 bits per heavy atom. The summed E-state index contributed by atoms with van der Waals surface area (Å²) in [6.45, 7) is 0.233. The Labute approximate surface area is 153 Å². The van der Waals surface area contributed by atoms with Crippen LogP contribution in [0.1, 0.15) is 38.5 Å². The van der Waals surface area contributed by atoms with Crippen LogP contribution < -0.4 is 16.1 Å². The van der Waals surface area contributed by atoms with Gasteiger partial charge in [-0.15, -0.1) is 12.4 Å². The van der Waals surface area contributed by atoms with E-state index in [1.165, 1.54) is 24.3 Å². The highest BCUT2D eigenvalue weighted by Gasteiger charge is 2.28. The maximum absolute atomic E-state index is 12.6. The molecule has 3 N–H and O–H groups in total. The first kappa shape index (κ1) is 19.9. The Morgan fingerprint density at radius 1 is 1.08 bits per heavy atom. The average Bonchev–Trinajstić information content (AvgIpc) is 2.78. The van der Waals surface area contributed by atoms with Crippen molar-refractivity contribution in [2.75, 3.05) is 6.54 Å². The molecular formula is C17H23ClN2O4S. The van der Waals surface area contributed by atoms with Crippen molar-refractivity contribution >= 4 is 33.4 Å². The quantitative estimate of drug-likeness (QED) is 0.621. The molecule has 138 valence electrons. The van der Waals surface area contributed by atoms with Gasteiger partial charge in [0.05, 0.1) is 4.90 Å². The van der Waals surface area contributed by atoms with E-state index in [1.807, 2.05) is 0 Å². The highest BCUT2D eigenvalue weighted by molar-refractivity contribution is 7.89. The minimum Gasteiger partial charge on any atom is -0.423 e. The molecule has 1 aliphatic rings. The molecule has 0 bridgehead atoms. The second-order valence-electron chi connectivity index (χ2n) is 6.56. The number of benzene rings is 1. The monoisotopic (exact) mass is 386 g/mol. The van der Waals surface area contributed by atoms with Crippen LogP contribution in [0, 0.1) is 0 Å². The first-order valence-corrected chi connectivity index (χ1v) is 9.69. The van der Waals surface area contributed by atoms with Crippen molar-refractivity contribution < 1.29 is 12.8 Å². The minimum atomic E-state index is -3.66. The van der Waals surface area contributed by atoms with Gasteiger partial charge in [-0.1, -0.05) is 25.7 Å². The van der Waals surface area contributed by atoms with Crippen molar-refractivity contribution in [1.82, 2.24) is 4.72 Å². The number of fused-ring (bicyclic) bond motifs is 1. The molecular weight excluding hydrogens is 364 g/mol. The second kappa shape index (κ2) is 7.86. The van der Waals surface area contributed by atoms with E-state index < -0.39 is 21.2 Å². The molecule has 3 rings (SSSR count). The molecule has 0 aliphatic heterocycles. The predicted molar refractivity (Wildman–Crippen MR) is 99.5 cm³/mol. The van der Waals surface area contributed by atoms with Gasteiger partial charge < -0.3 is 10.2 Å². The maximum Gasteiger partial charge on any atom is 0.336 e. The third-order valence-electron chi connectivity index (χ3n) is 4.61. The Morgan fingerprint density at radius 3 is 2.44 bits per heavy atom. The third kappa shape index (κ3) is 4.82. The minimum absolute atomic E-state index is 0. The van der Waals surface area contributed by atoms with Crippen molar-refractivity contribution in [2.24, 2.45) is 5.73 Å². The smallest absolute Gasteiger partial charge is 0.336 e. The molecule has 0 atom stereocenters. The van der Waals surface area contributed by atoms with Crippen LogP contribution in [0.4, 0.5) is 0 Å². The fourth-order valence-corrected chi connectivity index (χ4v) is 4.32. The zero-order valence-corrected chi connectivity index (χ0v) is 15.5. The summed E-state index contributed by atoms with van der Waals surface area (Å²) in [7, 11) is -3.66. The van der Waals surface area contributed by atoms with Gasteiger partial charge in [-0.25, -0.2) is 17.9 Å². The summed E-state index contributed by atoms with van der Waals surface area (Å²) < 4.78 is 32.8. The Hall–Kier alpha value is -1.41. The molecule has 1 saturated carbocycles. The van der Waals surface area contributed by atoms with E-state index >= 15 is 0 Å². The van der Waals surface area contributed by atoms with E-state index in [0.717, 1.165) is 38.5 Å². The van der Waals surface area contributed by atoms with Crippen LogP contribution in [-0.2, 0) is 10.0 Å². The number of hydrogen-bond donors (Lipinski definition) is 2. The first-order chi connectivity index (χ1) is 11.4. The molecule has 1 aromatic carbocycles. The number of rotatable bonds is 4. The molecule has 2 aromatic rings. The Kier molecular flexibility index (Phi) is 6.26. The largest absolute Gasteiger partial charge is 0.423 e. The second-order valence-corrected chi connectivity index (χ2v) is 8.32. The summed E-state index contributed by atoms with van der Waals surface area (Å²) in [5.41, 5.74) is 5.79. The van der Waals surface area contributed by atoms with Gasteiger partial charge in [0.1, 0.15) is 5.58 Å². The first-order valence-electron chi connectivity index (χ1n) is 8.21. The van der Waals surface area contributed by atoms with E-state index in [2.05, 4.69) is 4.72 Å². The number of halogens is 1. The summed E-state index contributed by atoms with van der Waals surface area (Å²) in [5.74, 6) is 0.